The van der Waals surface area contributed by atoms with Gasteiger partial charge in [-0.2, -0.15) is 0 Å². The lowest BCUT2D eigenvalue weighted by Gasteiger charge is -2.27. The average Bonchev–Trinajstić information content (AvgIpc) is 1.75. The summed E-state index contributed by atoms with van der Waals surface area (Å²) in [6.07, 6.45) is 0. The highest BCUT2D eigenvalue weighted by molar-refractivity contribution is 7.27. The van der Waals surface area contributed by atoms with E-state index in [0.29, 0.717) is 0 Å². The van der Waals surface area contributed by atoms with Gasteiger partial charge in [-0.25, -0.2) is 0 Å². The van der Waals surface area contributed by atoms with Crippen LogP contribution in [-0.2, 0) is 0 Å². The van der Waals surface area contributed by atoms with Crippen molar-refractivity contribution in [1.82, 2.24) is 0 Å². The number of rotatable bonds is 21. The van der Waals surface area contributed by atoms with Crippen LogP contribution in [0.4, 0.5) is 68.2 Å². The molecule has 0 aliphatic carbocycles. The van der Waals surface area contributed by atoms with E-state index in [0.717, 1.165) is 90.5 Å². The molecule has 26 aromatic rings. The second-order valence-electron chi connectivity index (χ2n) is 36.2. The predicted octanol–water partition coefficient (Wildman–Crippen LogP) is 40.5. The van der Waals surface area contributed by atoms with Gasteiger partial charge < -0.3 is 19.6 Å². The van der Waals surface area contributed by atoms with Gasteiger partial charge in [0, 0.05) is 128 Å². The Morgan fingerprint density at radius 1 is 0.112 bits per heavy atom. The summed E-state index contributed by atoms with van der Waals surface area (Å²) >= 11 is 5.62. The number of hydrogen-bond acceptors (Lipinski definition) is 7. The van der Waals surface area contributed by atoms with Gasteiger partial charge in [0.2, 0.25) is 0 Å². The van der Waals surface area contributed by atoms with Gasteiger partial charge in [0.25, 0.3) is 0 Å². The van der Waals surface area contributed by atoms with Crippen molar-refractivity contribution in [1.29, 1.82) is 0 Å². The molecule has 0 N–H and O–H groups in total. The fourth-order valence-electron chi connectivity index (χ4n) is 20.4. The number of fused-ring (bicyclic) bond motifs is 10. The van der Waals surface area contributed by atoms with Crippen LogP contribution in [0.2, 0.25) is 0 Å². The molecule has 0 aliphatic heterocycles. The smallest absolute Gasteiger partial charge is 0.0540 e. The Labute approximate surface area is 844 Å². The molecule has 23 aromatic carbocycles. The molecule has 0 fully saturated rings. The van der Waals surface area contributed by atoms with Crippen LogP contribution >= 0.6 is 34.0 Å². The number of hydrogen-bond donors (Lipinski definition) is 0. The van der Waals surface area contributed by atoms with E-state index >= 15 is 0 Å². The maximum absolute atomic E-state index is 2.39. The van der Waals surface area contributed by atoms with Crippen LogP contribution in [-0.4, -0.2) is 0 Å². The maximum Gasteiger partial charge on any atom is 0.0540 e. The molecule has 0 saturated heterocycles. The van der Waals surface area contributed by atoms with E-state index in [9.17, 15) is 0 Å². The van der Waals surface area contributed by atoms with E-state index in [2.05, 4.69) is 578 Å². The molecule has 674 valence electrons. The minimum atomic E-state index is 1.09. The fraction of sp³-hybridized carbons (Fsp3) is 0. The summed E-state index contributed by atoms with van der Waals surface area (Å²) in [5, 5.41) is 10.3. The molecule has 0 spiro atoms. The second kappa shape index (κ2) is 38.5. The zero-order valence-electron chi connectivity index (χ0n) is 78.1. The van der Waals surface area contributed by atoms with Gasteiger partial charge in [-0.15, -0.1) is 34.0 Å². The predicted molar refractivity (Wildman–Crippen MR) is 617 cm³/mol. The van der Waals surface area contributed by atoms with Crippen molar-refractivity contribution in [3.63, 3.8) is 0 Å². The monoisotopic (exact) mass is 1880 g/mol. The van der Waals surface area contributed by atoms with Crippen molar-refractivity contribution >= 4 is 174 Å². The lowest BCUT2D eigenvalue weighted by molar-refractivity contribution is 1.28. The molecule has 4 nitrogen and oxygen atoms in total. The molecule has 3 aromatic heterocycles. The molecule has 0 saturated carbocycles. The van der Waals surface area contributed by atoms with E-state index in [1.165, 1.54) is 149 Å². The summed E-state index contributed by atoms with van der Waals surface area (Å²) in [4.78, 5) is 9.46. The Kier molecular flexibility index (Phi) is 23.4. The molecule has 0 radical (unpaired) electrons. The van der Waals surface area contributed by atoms with Gasteiger partial charge in [-0.1, -0.05) is 400 Å². The highest BCUT2D eigenvalue weighted by atomic mass is 32.1. The molecule has 0 aliphatic rings. The maximum atomic E-state index is 2.39. The first kappa shape index (κ1) is 86.7. The molecule has 0 atom stereocenters. The van der Waals surface area contributed by atoms with Crippen molar-refractivity contribution < 1.29 is 0 Å². The average molecular weight is 1880 g/mol. The third-order valence-corrected chi connectivity index (χ3v) is 31.3. The van der Waals surface area contributed by atoms with Crippen LogP contribution in [0.1, 0.15) is 0 Å². The van der Waals surface area contributed by atoms with E-state index in [1.807, 2.05) is 34.0 Å². The Balaban J connectivity index is 0.000000151. The SMILES string of the molecule is c1ccc(-c2ccc(N(c3ccc(-c4ccc(N(c5ccc(-c6ccccc6)cc5)c5ccc(-c6cccc7c6sc6ccccc67)cc5)cc4)cc3)c3ccc(-c4cccc5c4sc4ccccc45)cc3)cc2)cc1.c1ccc(-c2ccc(N(c3ccc(-c4ccccc4)cc3)c3ccc(-c4ccc(N(c5ccc(-c6cccc7c6sc6ccccc67)cc5)c5cccc6ccccc56)cc4)cc3)cc2)cc1. The molecular formula is C136H92N4S3. The second-order valence-corrected chi connectivity index (χ2v) is 39.3. The minimum Gasteiger partial charge on any atom is -0.311 e. The van der Waals surface area contributed by atoms with Crippen molar-refractivity contribution in [2.75, 3.05) is 19.6 Å². The first-order chi connectivity index (χ1) is 70.9. The van der Waals surface area contributed by atoms with E-state index in [1.54, 1.807) is 0 Å². The van der Waals surface area contributed by atoms with Crippen LogP contribution in [0, 0.1) is 0 Å². The van der Waals surface area contributed by atoms with Gasteiger partial charge in [0.15, 0.2) is 0 Å². The number of thiophene rings is 3. The van der Waals surface area contributed by atoms with Gasteiger partial charge in [-0.3, -0.25) is 0 Å². The van der Waals surface area contributed by atoms with Crippen LogP contribution < -0.4 is 19.6 Å². The van der Waals surface area contributed by atoms with Gasteiger partial charge in [-0.05, 0) is 263 Å². The van der Waals surface area contributed by atoms with Gasteiger partial charge in [0.1, 0.15) is 0 Å². The molecule has 143 heavy (non-hydrogen) atoms. The van der Waals surface area contributed by atoms with E-state index in [4.69, 9.17) is 0 Å². The summed E-state index contributed by atoms with van der Waals surface area (Å²) in [6, 6.07) is 203. The first-order valence-electron chi connectivity index (χ1n) is 48.6. The summed E-state index contributed by atoms with van der Waals surface area (Å²) in [7, 11) is 0. The quantitative estimate of drug-likeness (QED) is 0.0711. The lowest BCUT2D eigenvalue weighted by Crippen LogP contribution is -2.10. The lowest BCUT2D eigenvalue weighted by atomic mass is 10.0. The van der Waals surface area contributed by atoms with E-state index < -0.39 is 0 Å². The zero-order chi connectivity index (χ0) is 94.9. The summed E-state index contributed by atoms with van der Waals surface area (Å²) in [5.41, 5.74) is 34.8. The molecule has 0 unspecified atom stereocenters. The molecule has 3 heterocycles. The fourth-order valence-corrected chi connectivity index (χ4v) is 24.1. The van der Waals surface area contributed by atoms with Gasteiger partial charge in [0.05, 0.1) is 5.69 Å². The number of benzene rings is 23. The standard InChI is InChI=1S/C72H48N2S2.C64H44N2S/c1-3-13-49(14-4-1)51-25-37-57(38-26-51)73(61-45-33-55(34-46-61)63-19-11-21-67-65-17-7-9-23-69(65)75-71(63)67)59-41-29-53(30-42-59)54-31-43-60(44-32-54)74(58-39-27-52(28-40-58)50-15-5-2-6-16-50)62-47-35-56(36-48-62)64-20-12-22-68-66-18-8-10-24-70(66)76-72(64)68;1-3-13-45(14-4-1)47-25-35-53(36-26-47)65(54-37-27-48(28-38-54)46-15-5-2-6-16-46)55-39-29-49(30-40-55)50-31-41-56(42-32-50)66(62-23-11-18-51-17-7-8-19-58(51)62)57-43-33-52(34-44-57)59-21-12-22-61-60-20-9-10-24-63(60)67-64(59)61/h1-48H;1-44H. The van der Waals surface area contributed by atoms with Gasteiger partial charge >= 0.3 is 0 Å². The highest BCUT2D eigenvalue weighted by Gasteiger charge is 2.24. The van der Waals surface area contributed by atoms with Crippen molar-refractivity contribution in [3.8, 4) is 100 Å². The van der Waals surface area contributed by atoms with Crippen LogP contribution in [0.25, 0.3) is 171 Å². The molecule has 26 rings (SSSR count). The molecule has 7 heteroatoms. The molecule has 0 bridgehead atoms. The van der Waals surface area contributed by atoms with Crippen LogP contribution in [0.15, 0.2) is 558 Å². The first-order valence-corrected chi connectivity index (χ1v) is 51.1. The minimum absolute atomic E-state index is 1.09. The summed E-state index contributed by atoms with van der Waals surface area (Å²) in [6.45, 7) is 0. The van der Waals surface area contributed by atoms with Crippen molar-refractivity contribution in [3.05, 3.63) is 558 Å². The normalized spacial score (nSPS) is 11.4. The highest BCUT2D eigenvalue weighted by Crippen LogP contribution is 2.50. The number of anilines is 12. The van der Waals surface area contributed by atoms with Crippen LogP contribution in [0.3, 0.4) is 0 Å². The third kappa shape index (κ3) is 17.2. The third-order valence-electron chi connectivity index (χ3n) is 27.6. The summed E-state index contributed by atoms with van der Waals surface area (Å²) < 4.78 is 7.93. The van der Waals surface area contributed by atoms with Crippen molar-refractivity contribution in [2.24, 2.45) is 0 Å². The Hall–Kier alpha value is -17.8. The molecule has 0 amide bonds. The topological polar surface area (TPSA) is 13.0 Å². The van der Waals surface area contributed by atoms with Crippen LogP contribution in [0.5, 0.6) is 0 Å². The number of nitrogens with zero attached hydrogens (tertiary/aromatic N) is 4. The Morgan fingerprint density at radius 2 is 0.287 bits per heavy atom. The largest absolute Gasteiger partial charge is 0.311 e. The summed E-state index contributed by atoms with van der Waals surface area (Å²) in [5.74, 6) is 0. The van der Waals surface area contributed by atoms with E-state index in [-0.39, 0.29) is 0 Å². The van der Waals surface area contributed by atoms with Crippen molar-refractivity contribution in [2.45, 2.75) is 0 Å². The Bertz CT molecular complexity index is 8660. The Morgan fingerprint density at radius 3 is 0.531 bits per heavy atom. The zero-order valence-corrected chi connectivity index (χ0v) is 80.6. The molecular weight excluding hydrogens is 1790 g/mol.